The van der Waals surface area contributed by atoms with E-state index in [-0.39, 0.29) is 5.84 Å². The van der Waals surface area contributed by atoms with Crippen molar-refractivity contribution < 1.29 is 9.94 Å². The van der Waals surface area contributed by atoms with Crippen molar-refractivity contribution >= 4 is 5.84 Å². The highest BCUT2D eigenvalue weighted by atomic mass is 16.5. The molecule has 0 bridgehead atoms. The molecule has 5 nitrogen and oxygen atoms in total. The maximum absolute atomic E-state index is 8.66. The standard InChI is InChI=1S/C14H21N3O2/c1-10-13(5-6-19-10)9-16-8-11-3-2-4-12(7-11)14(15)17-18/h2-4,7,10,13,16,18H,5-6,8-9H2,1H3,(H2,15,17). The van der Waals surface area contributed by atoms with Gasteiger partial charge in [-0.15, -0.1) is 0 Å². The van der Waals surface area contributed by atoms with Crippen LogP contribution in [0.4, 0.5) is 0 Å². The molecule has 1 fully saturated rings. The van der Waals surface area contributed by atoms with Crippen molar-refractivity contribution in [2.75, 3.05) is 13.2 Å². The summed E-state index contributed by atoms with van der Waals surface area (Å²) in [6.07, 6.45) is 1.47. The van der Waals surface area contributed by atoms with Crippen molar-refractivity contribution in [2.45, 2.75) is 26.0 Å². The zero-order valence-electron chi connectivity index (χ0n) is 11.2. The minimum absolute atomic E-state index is 0.139. The fraction of sp³-hybridized carbons (Fsp3) is 0.500. The molecule has 1 saturated heterocycles. The molecule has 0 amide bonds. The number of rotatable bonds is 5. The molecule has 1 aliphatic rings. The van der Waals surface area contributed by atoms with Crippen LogP contribution >= 0.6 is 0 Å². The molecule has 1 aromatic rings. The van der Waals surface area contributed by atoms with Gasteiger partial charge in [-0.1, -0.05) is 23.4 Å². The van der Waals surface area contributed by atoms with Gasteiger partial charge in [0.2, 0.25) is 0 Å². The second kappa shape index (κ2) is 6.54. The Balaban J connectivity index is 1.86. The lowest BCUT2D eigenvalue weighted by atomic mass is 10.0. The van der Waals surface area contributed by atoms with Crippen LogP contribution in [0.1, 0.15) is 24.5 Å². The largest absolute Gasteiger partial charge is 0.409 e. The number of benzene rings is 1. The second-order valence-corrected chi connectivity index (χ2v) is 4.94. The molecule has 2 unspecified atom stereocenters. The first kappa shape index (κ1) is 13.8. The first-order valence-electron chi connectivity index (χ1n) is 6.60. The molecular weight excluding hydrogens is 242 g/mol. The van der Waals surface area contributed by atoms with Gasteiger partial charge in [0.05, 0.1) is 6.10 Å². The van der Waals surface area contributed by atoms with Gasteiger partial charge in [0.25, 0.3) is 0 Å². The molecule has 0 spiro atoms. The van der Waals surface area contributed by atoms with Crippen LogP contribution in [0, 0.1) is 5.92 Å². The summed E-state index contributed by atoms with van der Waals surface area (Å²) in [6, 6.07) is 7.68. The van der Waals surface area contributed by atoms with E-state index in [0.717, 1.165) is 37.2 Å². The van der Waals surface area contributed by atoms with Crippen LogP contribution in [0.25, 0.3) is 0 Å². The van der Waals surface area contributed by atoms with E-state index in [1.807, 2.05) is 24.3 Å². The first-order chi connectivity index (χ1) is 9.20. The number of nitrogens with one attached hydrogen (secondary N) is 1. The van der Waals surface area contributed by atoms with Crippen molar-refractivity contribution in [3.63, 3.8) is 0 Å². The van der Waals surface area contributed by atoms with E-state index in [1.165, 1.54) is 0 Å². The van der Waals surface area contributed by atoms with Crippen molar-refractivity contribution in [1.82, 2.24) is 5.32 Å². The fourth-order valence-electron chi connectivity index (χ4n) is 2.34. The number of nitrogens with zero attached hydrogens (tertiary/aromatic N) is 1. The molecular formula is C14H21N3O2. The Morgan fingerprint density at radius 3 is 3.11 bits per heavy atom. The van der Waals surface area contributed by atoms with E-state index in [9.17, 15) is 0 Å². The van der Waals surface area contributed by atoms with Crippen LogP contribution in [-0.2, 0) is 11.3 Å². The topological polar surface area (TPSA) is 79.9 Å². The third-order valence-corrected chi connectivity index (χ3v) is 3.60. The number of ether oxygens (including phenoxy) is 1. The van der Waals surface area contributed by atoms with E-state index >= 15 is 0 Å². The van der Waals surface area contributed by atoms with Gasteiger partial charge < -0.3 is 21.0 Å². The Morgan fingerprint density at radius 2 is 2.42 bits per heavy atom. The Labute approximate surface area is 113 Å². The van der Waals surface area contributed by atoms with Crippen molar-refractivity contribution in [2.24, 2.45) is 16.8 Å². The predicted molar refractivity (Wildman–Crippen MR) is 74.2 cm³/mol. The van der Waals surface area contributed by atoms with Gasteiger partial charge in [0.15, 0.2) is 5.84 Å². The Hall–Kier alpha value is -1.59. The zero-order valence-corrected chi connectivity index (χ0v) is 11.2. The van der Waals surface area contributed by atoms with Gasteiger partial charge in [0.1, 0.15) is 0 Å². The highest BCUT2D eigenvalue weighted by Gasteiger charge is 2.23. The molecule has 0 aromatic heterocycles. The number of oxime groups is 1. The third kappa shape index (κ3) is 3.68. The average Bonchev–Trinajstić information content (AvgIpc) is 2.84. The highest BCUT2D eigenvalue weighted by molar-refractivity contribution is 5.97. The second-order valence-electron chi connectivity index (χ2n) is 4.94. The van der Waals surface area contributed by atoms with Crippen LogP contribution in [0.3, 0.4) is 0 Å². The predicted octanol–water partition coefficient (Wildman–Crippen LogP) is 1.30. The van der Waals surface area contributed by atoms with Crippen molar-refractivity contribution in [3.8, 4) is 0 Å². The normalized spacial score (nSPS) is 23.7. The summed E-state index contributed by atoms with van der Waals surface area (Å²) in [5.41, 5.74) is 7.43. The number of amidine groups is 1. The zero-order chi connectivity index (χ0) is 13.7. The molecule has 104 valence electrons. The van der Waals surface area contributed by atoms with Crippen LogP contribution < -0.4 is 11.1 Å². The highest BCUT2D eigenvalue weighted by Crippen LogP contribution is 2.19. The van der Waals surface area contributed by atoms with Gasteiger partial charge in [-0.25, -0.2) is 0 Å². The van der Waals surface area contributed by atoms with Crippen LogP contribution in [0.5, 0.6) is 0 Å². The summed E-state index contributed by atoms with van der Waals surface area (Å²) < 4.78 is 5.53. The summed E-state index contributed by atoms with van der Waals surface area (Å²) in [5, 5.41) is 15.1. The maximum Gasteiger partial charge on any atom is 0.170 e. The lowest BCUT2D eigenvalue weighted by Crippen LogP contribution is -2.26. The van der Waals surface area contributed by atoms with E-state index in [1.54, 1.807) is 0 Å². The number of nitrogens with two attached hydrogens (primary N) is 1. The Morgan fingerprint density at radius 1 is 1.58 bits per heavy atom. The van der Waals surface area contributed by atoms with E-state index in [2.05, 4.69) is 17.4 Å². The minimum atomic E-state index is 0.139. The van der Waals surface area contributed by atoms with Crippen molar-refractivity contribution in [1.29, 1.82) is 0 Å². The van der Waals surface area contributed by atoms with E-state index in [0.29, 0.717) is 12.0 Å². The van der Waals surface area contributed by atoms with Gasteiger partial charge in [-0.05, 0) is 30.9 Å². The molecule has 4 N–H and O–H groups in total. The van der Waals surface area contributed by atoms with E-state index in [4.69, 9.17) is 15.7 Å². The molecule has 19 heavy (non-hydrogen) atoms. The monoisotopic (exact) mass is 263 g/mol. The van der Waals surface area contributed by atoms with Gasteiger partial charge >= 0.3 is 0 Å². The molecule has 1 aromatic carbocycles. The minimum Gasteiger partial charge on any atom is -0.409 e. The molecule has 0 aliphatic carbocycles. The molecule has 2 rings (SSSR count). The molecule has 1 aliphatic heterocycles. The summed E-state index contributed by atoms with van der Waals surface area (Å²) in [7, 11) is 0. The first-order valence-corrected chi connectivity index (χ1v) is 6.60. The Kier molecular flexibility index (Phi) is 4.76. The third-order valence-electron chi connectivity index (χ3n) is 3.60. The van der Waals surface area contributed by atoms with Crippen LogP contribution in [0.2, 0.25) is 0 Å². The maximum atomic E-state index is 8.66. The molecule has 0 saturated carbocycles. The smallest absolute Gasteiger partial charge is 0.170 e. The van der Waals surface area contributed by atoms with Crippen LogP contribution in [0.15, 0.2) is 29.4 Å². The summed E-state index contributed by atoms with van der Waals surface area (Å²) in [4.78, 5) is 0. The lowest BCUT2D eigenvalue weighted by Gasteiger charge is -2.14. The summed E-state index contributed by atoms with van der Waals surface area (Å²) in [6.45, 7) is 4.72. The van der Waals surface area contributed by atoms with Gasteiger partial charge in [0, 0.05) is 25.3 Å². The molecule has 2 atom stereocenters. The summed E-state index contributed by atoms with van der Waals surface area (Å²) >= 11 is 0. The fourth-order valence-corrected chi connectivity index (χ4v) is 2.34. The van der Waals surface area contributed by atoms with Gasteiger partial charge in [-0.3, -0.25) is 0 Å². The summed E-state index contributed by atoms with van der Waals surface area (Å²) in [5.74, 6) is 0.729. The van der Waals surface area contributed by atoms with Crippen LogP contribution in [-0.4, -0.2) is 30.3 Å². The van der Waals surface area contributed by atoms with Gasteiger partial charge in [-0.2, -0.15) is 0 Å². The average molecular weight is 263 g/mol. The van der Waals surface area contributed by atoms with Crippen molar-refractivity contribution in [3.05, 3.63) is 35.4 Å². The SMILES string of the molecule is CC1OCCC1CNCc1cccc(/C(N)=N/O)c1. The molecule has 1 heterocycles. The Bertz CT molecular complexity index is 448. The lowest BCUT2D eigenvalue weighted by molar-refractivity contribution is 0.105. The van der Waals surface area contributed by atoms with E-state index < -0.39 is 0 Å². The number of hydrogen-bond donors (Lipinski definition) is 3. The number of hydrogen-bond acceptors (Lipinski definition) is 4. The quantitative estimate of drug-likeness (QED) is 0.324. The molecule has 0 radical (unpaired) electrons. The molecule has 5 heteroatoms.